The first-order chi connectivity index (χ1) is 10.9. The molecule has 2 aromatic rings. The minimum atomic E-state index is -3.30. The number of sulfonamides is 1. The van der Waals surface area contributed by atoms with E-state index < -0.39 is 16.1 Å². The third-order valence-corrected chi connectivity index (χ3v) is 5.40. The Bertz CT molecular complexity index is 840. The first-order valence-electron chi connectivity index (χ1n) is 7.27. The van der Waals surface area contributed by atoms with Gasteiger partial charge in [-0.3, -0.25) is 4.79 Å². The predicted octanol–water partition coefficient (Wildman–Crippen LogP) is 1.12. The highest BCUT2D eigenvalue weighted by atomic mass is 32.2. The molecule has 23 heavy (non-hydrogen) atoms. The molecule has 1 aromatic carbocycles. The van der Waals surface area contributed by atoms with Crippen LogP contribution in [0.4, 0.5) is 5.69 Å². The predicted molar refractivity (Wildman–Crippen MR) is 87.0 cm³/mol. The Kier molecular flexibility index (Phi) is 3.95. The van der Waals surface area contributed by atoms with Gasteiger partial charge in [-0.05, 0) is 44.5 Å². The summed E-state index contributed by atoms with van der Waals surface area (Å²) < 4.78 is 27.0. The van der Waals surface area contributed by atoms with Crippen molar-refractivity contribution in [3.05, 3.63) is 42.0 Å². The average Bonchev–Trinajstić information content (AvgIpc) is 3.03. The minimum Gasteiger partial charge on any atom is -0.325 e. The molecule has 7 nitrogen and oxygen atoms in total. The molecule has 1 atom stereocenters. The number of nitrogens with one attached hydrogen (secondary N) is 2. The Labute approximate surface area is 134 Å². The molecule has 0 saturated carbocycles. The van der Waals surface area contributed by atoms with Crippen LogP contribution in [-0.4, -0.2) is 35.7 Å². The molecule has 1 aromatic heterocycles. The molecule has 1 amide bonds. The van der Waals surface area contributed by atoms with Gasteiger partial charge >= 0.3 is 0 Å². The number of imidazole rings is 1. The van der Waals surface area contributed by atoms with E-state index >= 15 is 0 Å². The molecule has 2 heterocycles. The van der Waals surface area contributed by atoms with Gasteiger partial charge in [-0.1, -0.05) is 0 Å². The first-order valence-corrected chi connectivity index (χ1v) is 8.93. The Hall–Kier alpha value is -2.19. The van der Waals surface area contributed by atoms with Gasteiger partial charge in [0, 0.05) is 17.1 Å². The van der Waals surface area contributed by atoms with Crippen LogP contribution in [0.25, 0.3) is 5.69 Å². The lowest BCUT2D eigenvalue weighted by atomic mass is 10.2. The highest BCUT2D eigenvalue weighted by molar-refractivity contribution is 7.89. The van der Waals surface area contributed by atoms with Gasteiger partial charge in [-0.15, -0.1) is 0 Å². The molecule has 0 radical (unpaired) electrons. The average molecular weight is 334 g/mol. The number of carbonyl (C=O) groups is 1. The number of rotatable bonds is 3. The summed E-state index contributed by atoms with van der Waals surface area (Å²) in [6.07, 6.45) is 2.05. The fraction of sp³-hybridized carbons (Fsp3) is 0.333. The Balaban J connectivity index is 1.71. The number of aromatic nitrogens is 2. The molecule has 122 valence electrons. The van der Waals surface area contributed by atoms with Crippen LogP contribution in [0.2, 0.25) is 0 Å². The second-order valence-corrected chi connectivity index (χ2v) is 7.47. The van der Waals surface area contributed by atoms with E-state index in [1.807, 2.05) is 30.5 Å². The highest BCUT2D eigenvalue weighted by Gasteiger charge is 2.31. The fourth-order valence-electron chi connectivity index (χ4n) is 2.49. The van der Waals surface area contributed by atoms with Crippen molar-refractivity contribution in [2.75, 3.05) is 11.1 Å². The number of amides is 1. The van der Waals surface area contributed by atoms with Crippen LogP contribution in [0.15, 0.2) is 30.6 Å². The summed E-state index contributed by atoms with van der Waals surface area (Å²) in [6.45, 7) is 3.94. The molecule has 1 unspecified atom stereocenters. The number of hydrogen-bond acceptors (Lipinski definition) is 4. The third kappa shape index (κ3) is 3.27. The van der Waals surface area contributed by atoms with E-state index in [0.29, 0.717) is 12.1 Å². The molecule has 1 fully saturated rings. The molecule has 3 rings (SSSR count). The van der Waals surface area contributed by atoms with Crippen LogP contribution in [0, 0.1) is 13.8 Å². The topological polar surface area (TPSA) is 93.1 Å². The normalized spacial score (nSPS) is 19.7. The lowest BCUT2D eigenvalue weighted by Crippen LogP contribution is -2.37. The molecule has 1 aliphatic rings. The van der Waals surface area contributed by atoms with Crippen molar-refractivity contribution in [2.24, 2.45) is 0 Å². The largest absolute Gasteiger partial charge is 0.325 e. The Morgan fingerprint density at radius 2 is 2.00 bits per heavy atom. The zero-order chi connectivity index (χ0) is 16.6. The molecular weight excluding hydrogens is 316 g/mol. The maximum atomic E-state index is 12.1. The van der Waals surface area contributed by atoms with E-state index in [1.54, 1.807) is 18.5 Å². The van der Waals surface area contributed by atoms with Gasteiger partial charge in [-0.25, -0.2) is 18.1 Å². The Morgan fingerprint density at radius 3 is 2.52 bits per heavy atom. The smallest absolute Gasteiger partial charge is 0.242 e. The zero-order valence-electron chi connectivity index (χ0n) is 12.9. The summed E-state index contributed by atoms with van der Waals surface area (Å²) in [7, 11) is -3.30. The molecule has 0 spiro atoms. The van der Waals surface area contributed by atoms with Crippen LogP contribution in [-0.2, 0) is 14.8 Å². The molecule has 0 bridgehead atoms. The van der Waals surface area contributed by atoms with E-state index in [1.165, 1.54) is 0 Å². The number of hydrogen-bond donors (Lipinski definition) is 2. The monoisotopic (exact) mass is 334 g/mol. The van der Waals surface area contributed by atoms with Gasteiger partial charge in [0.25, 0.3) is 0 Å². The summed E-state index contributed by atoms with van der Waals surface area (Å²) in [4.78, 5) is 16.3. The summed E-state index contributed by atoms with van der Waals surface area (Å²) in [5.41, 5.74) is 3.60. The quantitative estimate of drug-likeness (QED) is 0.879. The Morgan fingerprint density at radius 1 is 1.30 bits per heavy atom. The SMILES string of the molecule is Cc1ncn(-c2ccc(NC(=O)C3CCS(=O)(=O)N3)cc2)c1C. The summed E-state index contributed by atoms with van der Waals surface area (Å²) in [5, 5.41) is 2.73. The van der Waals surface area contributed by atoms with Crippen LogP contribution in [0.3, 0.4) is 0 Å². The van der Waals surface area contributed by atoms with E-state index in [0.717, 1.165) is 17.1 Å². The van der Waals surface area contributed by atoms with Crippen molar-refractivity contribution in [3.63, 3.8) is 0 Å². The third-order valence-electron chi connectivity index (χ3n) is 3.98. The van der Waals surface area contributed by atoms with Crippen LogP contribution < -0.4 is 10.0 Å². The molecule has 1 aliphatic heterocycles. The molecule has 1 saturated heterocycles. The van der Waals surface area contributed by atoms with Crippen LogP contribution in [0.1, 0.15) is 17.8 Å². The van der Waals surface area contributed by atoms with E-state index in [-0.39, 0.29) is 11.7 Å². The van der Waals surface area contributed by atoms with Crippen molar-refractivity contribution in [1.82, 2.24) is 14.3 Å². The number of carbonyl (C=O) groups excluding carboxylic acids is 1. The van der Waals surface area contributed by atoms with Crippen molar-refractivity contribution < 1.29 is 13.2 Å². The van der Waals surface area contributed by atoms with E-state index in [2.05, 4.69) is 15.0 Å². The fourth-order valence-corrected chi connectivity index (χ4v) is 3.81. The second-order valence-electron chi connectivity index (χ2n) is 5.60. The van der Waals surface area contributed by atoms with Crippen LogP contribution >= 0.6 is 0 Å². The second kappa shape index (κ2) is 5.78. The van der Waals surface area contributed by atoms with E-state index in [9.17, 15) is 13.2 Å². The summed E-state index contributed by atoms with van der Waals surface area (Å²) >= 11 is 0. The van der Waals surface area contributed by atoms with Crippen molar-refractivity contribution in [2.45, 2.75) is 26.3 Å². The zero-order valence-corrected chi connectivity index (χ0v) is 13.7. The highest BCUT2D eigenvalue weighted by Crippen LogP contribution is 2.17. The number of aryl methyl sites for hydroxylation is 1. The van der Waals surface area contributed by atoms with Gasteiger partial charge in [0.2, 0.25) is 15.9 Å². The van der Waals surface area contributed by atoms with Crippen LogP contribution in [0.5, 0.6) is 0 Å². The van der Waals surface area contributed by atoms with Gasteiger partial charge in [0.1, 0.15) is 6.04 Å². The molecule has 8 heteroatoms. The molecule has 0 aliphatic carbocycles. The maximum Gasteiger partial charge on any atom is 0.242 e. The standard InChI is InChI=1S/C15H18N4O3S/c1-10-11(2)19(9-16-10)13-5-3-12(4-6-13)17-15(20)14-7-8-23(21,22)18-14/h3-6,9,14,18H,7-8H2,1-2H3,(H,17,20). The number of nitrogens with zero attached hydrogens (tertiary/aromatic N) is 2. The maximum absolute atomic E-state index is 12.1. The number of benzene rings is 1. The van der Waals surface area contributed by atoms with Crippen molar-refractivity contribution in [1.29, 1.82) is 0 Å². The van der Waals surface area contributed by atoms with E-state index in [4.69, 9.17) is 0 Å². The van der Waals surface area contributed by atoms with Gasteiger partial charge in [0.05, 0.1) is 17.8 Å². The van der Waals surface area contributed by atoms with Gasteiger partial charge in [-0.2, -0.15) is 0 Å². The lowest BCUT2D eigenvalue weighted by Gasteiger charge is -2.11. The minimum absolute atomic E-state index is 0.0106. The first kappa shape index (κ1) is 15.7. The molecule has 2 N–H and O–H groups in total. The van der Waals surface area contributed by atoms with Crippen molar-refractivity contribution in [3.8, 4) is 5.69 Å². The molecular formula is C15H18N4O3S. The van der Waals surface area contributed by atoms with Gasteiger partial charge in [0.15, 0.2) is 0 Å². The summed E-state index contributed by atoms with van der Waals surface area (Å²) in [6, 6.07) is 6.63. The number of anilines is 1. The van der Waals surface area contributed by atoms with Crippen molar-refractivity contribution >= 4 is 21.6 Å². The summed E-state index contributed by atoms with van der Waals surface area (Å²) in [5.74, 6) is -0.350. The lowest BCUT2D eigenvalue weighted by molar-refractivity contribution is -0.117. The van der Waals surface area contributed by atoms with Gasteiger partial charge < -0.3 is 9.88 Å².